The number of hydrogen-bond donors (Lipinski definition) is 1. The largest absolute Gasteiger partial charge is 0.374 e. The Morgan fingerprint density at radius 2 is 1.76 bits per heavy atom. The van der Waals surface area contributed by atoms with E-state index in [2.05, 4.69) is 15.2 Å². The highest BCUT2D eigenvalue weighted by Crippen LogP contribution is 2.47. The average molecular weight is 496 g/mol. The lowest BCUT2D eigenvalue weighted by Gasteiger charge is -2.23. The fourth-order valence-corrected chi connectivity index (χ4v) is 5.11. The molecule has 1 aromatic rings. The third kappa shape index (κ3) is 4.04. The summed E-state index contributed by atoms with van der Waals surface area (Å²) in [5, 5.41) is 4.86. The zero-order valence-corrected chi connectivity index (χ0v) is 18.1. The number of guanidine groups is 1. The van der Waals surface area contributed by atoms with Crippen molar-refractivity contribution in [3.63, 3.8) is 0 Å². The standard InChI is InChI=1S/C18H23Cl2N3O.HI/c1-21-18(22-5-4-11-6-12(19)8-13(20)7-11)23-9-14-15(10-23)17-3-2-16(14)24-17;/h6-8,14-17H,2-5,9-10H2,1H3,(H,21,22);1H. The maximum atomic E-state index is 6.06. The molecule has 2 bridgehead atoms. The summed E-state index contributed by atoms with van der Waals surface area (Å²) in [4.78, 5) is 6.87. The van der Waals surface area contributed by atoms with E-state index in [1.165, 1.54) is 12.8 Å². The van der Waals surface area contributed by atoms with Crippen LogP contribution in [0.2, 0.25) is 10.0 Å². The van der Waals surface area contributed by atoms with E-state index in [9.17, 15) is 0 Å². The van der Waals surface area contributed by atoms with Crippen molar-refractivity contribution in [3.8, 4) is 0 Å². The van der Waals surface area contributed by atoms with Crippen LogP contribution in [0.4, 0.5) is 0 Å². The molecule has 3 aliphatic rings. The van der Waals surface area contributed by atoms with Crippen LogP contribution < -0.4 is 5.32 Å². The van der Waals surface area contributed by atoms with Crippen molar-refractivity contribution < 1.29 is 4.74 Å². The minimum atomic E-state index is 0. The topological polar surface area (TPSA) is 36.9 Å². The van der Waals surface area contributed by atoms with Crippen molar-refractivity contribution in [2.75, 3.05) is 26.7 Å². The Balaban J connectivity index is 0.00000182. The second-order valence-electron chi connectivity index (χ2n) is 7.02. The molecule has 0 saturated carbocycles. The van der Waals surface area contributed by atoms with E-state index in [4.69, 9.17) is 27.9 Å². The van der Waals surface area contributed by atoms with Crippen LogP contribution in [0, 0.1) is 11.8 Å². The summed E-state index contributed by atoms with van der Waals surface area (Å²) in [6.07, 6.45) is 4.31. The molecule has 4 rings (SSSR count). The van der Waals surface area contributed by atoms with Gasteiger partial charge in [-0.2, -0.15) is 0 Å². The van der Waals surface area contributed by atoms with Crippen molar-refractivity contribution in [3.05, 3.63) is 33.8 Å². The number of ether oxygens (including phenoxy) is 1. The lowest BCUT2D eigenvalue weighted by molar-refractivity contribution is 0.0767. The lowest BCUT2D eigenvalue weighted by atomic mass is 9.82. The van der Waals surface area contributed by atoms with Crippen molar-refractivity contribution >= 4 is 53.1 Å². The first-order chi connectivity index (χ1) is 11.6. The van der Waals surface area contributed by atoms with Crippen molar-refractivity contribution in [2.45, 2.75) is 31.5 Å². The molecule has 4 nitrogen and oxygen atoms in total. The number of nitrogens with one attached hydrogen (secondary N) is 1. The number of fused-ring (bicyclic) bond motifs is 5. The van der Waals surface area contributed by atoms with E-state index in [0.717, 1.165) is 37.6 Å². The molecule has 4 unspecified atom stereocenters. The van der Waals surface area contributed by atoms with Gasteiger partial charge in [0.25, 0.3) is 0 Å². The Labute approximate surface area is 176 Å². The van der Waals surface area contributed by atoms with Crippen LogP contribution in [0.1, 0.15) is 18.4 Å². The lowest BCUT2D eigenvalue weighted by Crippen LogP contribution is -2.42. The first kappa shape index (κ1) is 19.5. The second kappa shape index (κ2) is 8.19. The number of rotatable bonds is 3. The molecule has 4 atom stereocenters. The molecule has 3 fully saturated rings. The van der Waals surface area contributed by atoms with Crippen molar-refractivity contribution in [2.24, 2.45) is 16.8 Å². The van der Waals surface area contributed by atoms with Crippen molar-refractivity contribution in [1.29, 1.82) is 0 Å². The van der Waals surface area contributed by atoms with Gasteiger partial charge >= 0.3 is 0 Å². The summed E-state index contributed by atoms with van der Waals surface area (Å²) < 4.78 is 6.05. The first-order valence-electron chi connectivity index (χ1n) is 8.70. The Morgan fingerprint density at radius 3 is 2.32 bits per heavy atom. The molecular formula is C18H24Cl2IN3O. The van der Waals surface area contributed by atoms with Crippen LogP contribution in [0.5, 0.6) is 0 Å². The molecule has 0 radical (unpaired) electrons. The summed E-state index contributed by atoms with van der Waals surface area (Å²) >= 11 is 12.1. The predicted molar refractivity (Wildman–Crippen MR) is 113 cm³/mol. The van der Waals surface area contributed by atoms with E-state index < -0.39 is 0 Å². The highest BCUT2D eigenvalue weighted by atomic mass is 127. The molecule has 0 spiro atoms. The summed E-state index contributed by atoms with van der Waals surface area (Å²) in [7, 11) is 1.86. The van der Waals surface area contributed by atoms with Gasteiger partial charge < -0.3 is 15.0 Å². The molecule has 3 aliphatic heterocycles. The monoisotopic (exact) mass is 495 g/mol. The highest BCUT2D eigenvalue weighted by molar-refractivity contribution is 14.0. The molecule has 0 aliphatic carbocycles. The summed E-state index contributed by atoms with van der Waals surface area (Å²) in [6.45, 7) is 2.95. The molecule has 1 N–H and O–H groups in total. The van der Waals surface area contributed by atoms with E-state index >= 15 is 0 Å². The van der Waals surface area contributed by atoms with Crippen LogP contribution in [0.3, 0.4) is 0 Å². The van der Waals surface area contributed by atoms with Gasteiger partial charge in [0.15, 0.2) is 5.96 Å². The van der Waals surface area contributed by atoms with Crippen LogP contribution in [0.15, 0.2) is 23.2 Å². The molecule has 0 aromatic heterocycles. The summed E-state index contributed by atoms with van der Waals surface area (Å²) in [5.74, 6) is 2.37. The van der Waals surface area contributed by atoms with Gasteiger partial charge in [0.2, 0.25) is 0 Å². The Kier molecular flexibility index (Phi) is 6.40. The Hall–Kier alpha value is -0.240. The number of halogens is 3. The molecule has 7 heteroatoms. The van der Waals surface area contributed by atoms with E-state index in [0.29, 0.717) is 34.1 Å². The molecular weight excluding hydrogens is 472 g/mol. The Morgan fingerprint density at radius 1 is 1.16 bits per heavy atom. The minimum Gasteiger partial charge on any atom is -0.374 e. The zero-order valence-electron chi connectivity index (χ0n) is 14.3. The van der Waals surface area contributed by atoms with Crippen LogP contribution in [-0.4, -0.2) is 49.7 Å². The van der Waals surface area contributed by atoms with Gasteiger partial charge in [0.05, 0.1) is 12.2 Å². The minimum absolute atomic E-state index is 0. The van der Waals surface area contributed by atoms with E-state index in [1.807, 2.05) is 19.2 Å². The molecule has 3 saturated heterocycles. The molecule has 1 aromatic carbocycles. The number of hydrogen-bond acceptors (Lipinski definition) is 2. The van der Waals surface area contributed by atoms with Gasteiger partial charge in [0, 0.05) is 48.6 Å². The predicted octanol–water partition coefficient (Wildman–Crippen LogP) is 3.84. The fraction of sp³-hybridized carbons (Fsp3) is 0.611. The average Bonchev–Trinajstić information content (AvgIpc) is 3.22. The van der Waals surface area contributed by atoms with Gasteiger partial charge in [-0.3, -0.25) is 4.99 Å². The third-order valence-corrected chi connectivity index (χ3v) is 6.02. The maximum Gasteiger partial charge on any atom is 0.193 e. The Bertz CT molecular complexity index is 619. The SMILES string of the molecule is CN=C(NCCc1cc(Cl)cc(Cl)c1)N1CC2C3CCC(O3)C2C1.I. The van der Waals surface area contributed by atoms with E-state index in [1.54, 1.807) is 6.07 Å². The zero-order chi connectivity index (χ0) is 16.7. The maximum absolute atomic E-state index is 6.06. The molecule has 3 heterocycles. The number of likely N-dealkylation sites (tertiary alicyclic amines) is 1. The highest BCUT2D eigenvalue weighted by Gasteiger charge is 2.53. The normalized spacial score (nSPS) is 30.4. The van der Waals surface area contributed by atoms with E-state index in [-0.39, 0.29) is 24.0 Å². The number of benzene rings is 1. The summed E-state index contributed by atoms with van der Waals surface area (Å²) in [6, 6.07) is 5.69. The van der Waals surface area contributed by atoms with Gasteiger partial charge in [0.1, 0.15) is 0 Å². The second-order valence-corrected chi connectivity index (χ2v) is 7.90. The van der Waals surface area contributed by atoms with Gasteiger partial charge in [-0.15, -0.1) is 24.0 Å². The van der Waals surface area contributed by atoms with Gasteiger partial charge in [-0.05, 0) is 43.0 Å². The third-order valence-electron chi connectivity index (χ3n) is 5.58. The molecule has 0 amide bonds. The van der Waals surface area contributed by atoms with Crippen molar-refractivity contribution in [1.82, 2.24) is 10.2 Å². The van der Waals surface area contributed by atoms with Crippen LogP contribution in [-0.2, 0) is 11.2 Å². The fourth-order valence-electron chi connectivity index (χ4n) is 4.54. The summed E-state index contributed by atoms with van der Waals surface area (Å²) in [5.41, 5.74) is 1.14. The van der Waals surface area contributed by atoms with Gasteiger partial charge in [-0.1, -0.05) is 23.2 Å². The molecule has 25 heavy (non-hydrogen) atoms. The number of aliphatic imine (C=N–C) groups is 1. The molecule has 138 valence electrons. The van der Waals surface area contributed by atoms with Crippen LogP contribution in [0.25, 0.3) is 0 Å². The first-order valence-corrected chi connectivity index (χ1v) is 9.45. The van der Waals surface area contributed by atoms with Gasteiger partial charge in [-0.25, -0.2) is 0 Å². The number of nitrogens with zero attached hydrogens (tertiary/aromatic N) is 2. The quantitative estimate of drug-likeness (QED) is 0.393. The smallest absolute Gasteiger partial charge is 0.193 e. The van der Waals surface area contributed by atoms with Crippen LogP contribution >= 0.6 is 47.2 Å².